The molecule has 2 heteroatoms. The number of hydrogen-bond donors (Lipinski definition) is 1. The van der Waals surface area contributed by atoms with Crippen molar-refractivity contribution in [2.45, 2.75) is 26.7 Å². The van der Waals surface area contributed by atoms with E-state index in [1.54, 1.807) is 12.1 Å². The number of aromatic carboxylic acids is 1. The fourth-order valence-corrected chi connectivity index (χ4v) is 2.45. The summed E-state index contributed by atoms with van der Waals surface area (Å²) >= 11 is 0. The Balaban J connectivity index is 2.23. The van der Waals surface area contributed by atoms with Gasteiger partial charge >= 0.3 is 5.97 Å². The summed E-state index contributed by atoms with van der Waals surface area (Å²) in [5, 5.41) is 8.78. The highest BCUT2D eigenvalue weighted by molar-refractivity contribution is 5.87. The van der Waals surface area contributed by atoms with Crippen LogP contribution < -0.4 is 0 Å². The molecule has 0 saturated heterocycles. The Morgan fingerprint density at radius 1 is 1.27 bits per heavy atom. The van der Waals surface area contributed by atoms with Gasteiger partial charge in [0.15, 0.2) is 0 Å². The molecule has 0 aliphatic heterocycles. The molecule has 1 saturated carbocycles. The molecule has 1 aliphatic rings. The smallest absolute Gasteiger partial charge is 0.335 e. The van der Waals surface area contributed by atoms with Gasteiger partial charge in [0.25, 0.3) is 0 Å². The van der Waals surface area contributed by atoms with Gasteiger partial charge in [0.05, 0.1) is 5.56 Å². The largest absolute Gasteiger partial charge is 0.478 e. The fourth-order valence-electron chi connectivity index (χ4n) is 2.45. The average Bonchev–Trinajstić information content (AvgIpc) is 2.66. The Kier molecular flexibility index (Phi) is 2.10. The van der Waals surface area contributed by atoms with E-state index >= 15 is 0 Å². The van der Waals surface area contributed by atoms with Crippen molar-refractivity contribution in [3.8, 4) is 0 Å². The quantitative estimate of drug-likeness (QED) is 0.803. The zero-order valence-corrected chi connectivity index (χ0v) is 9.32. The molecule has 2 rings (SSSR count). The standard InChI is InChI=1S/C13H16O2/c1-8-11(13(8,2)3)9-4-6-10(7-5-9)12(14)15/h4-8,11H,1-3H3,(H,14,15). The van der Waals surface area contributed by atoms with E-state index < -0.39 is 5.97 Å². The molecule has 1 aromatic rings. The van der Waals surface area contributed by atoms with E-state index in [0.717, 1.165) is 0 Å². The summed E-state index contributed by atoms with van der Waals surface area (Å²) in [6.07, 6.45) is 0. The third-order valence-electron chi connectivity index (χ3n) is 3.88. The van der Waals surface area contributed by atoms with Gasteiger partial charge in [0.2, 0.25) is 0 Å². The van der Waals surface area contributed by atoms with Crippen LogP contribution in [0.5, 0.6) is 0 Å². The Morgan fingerprint density at radius 3 is 2.07 bits per heavy atom. The molecule has 80 valence electrons. The summed E-state index contributed by atoms with van der Waals surface area (Å²) in [4.78, 5) is 10.7. The molecule has 1 fully saturated rings. The van der Waals surface area contributed by atoms with Gasteiger partial charge in [-0.2, -0.15) is 0 Å². The molecular formula is C13H16O2. The fraction of sp³-hybridized carbons (Fsp3) is 0.462. The third kappa shape index (κ3) is 1.54. The van der Waals surface area contributed by atoms with E-state index in [9.17, 15) is 4.79 Å². The van der Waals surface area contributed by atoms with Crippen molar-refractivity contribution in [3.63, 3.8) is 0 Å². The van der Waals surface area contributed by atoms with Gasteiger partial charge in [-0.1, -0.05) is 32.9 Å². The number of hydrogen-bond acceptors (Lipinski definition) is 1. The molecular weight excluding hydrogens is 188 g/mol. The van der Waals surface area contributed by atoms with Crippen molar-refractivity contribution in [2.75, 3.05) is 0 Å². The van der Waals surface area contributed by atoms with Gasteiger partial charge in [-0.05, 0) is 34.9 Å². The molecule has 0 amide bonds. The Morgan fingerprint density at radius 2 is 1.73 bits per heavy atom. The van der Waals surface area contributed by atoms with E-state index in [4.69, 9.17) is 5.11 Å². The van der Waals surface area contributed by atoms with Crippen LogP contribution in [0.15, 0.2) is 24.3 Å². The molecule has 0 heterocycles. The van der Waals surface area contributed by atoms with E-state index in [1.807, 2.05) is 12.1 Å². The van der Waals surface area contributed by atoms with Crippen LogP contribution in [0.25, 0.3) is 0 Å². The van der Waals surface area contributed by atoms with Gasteiger partial charge in [0, 0.05) is 0 Å². The van der Waals surface area contributed by atoms with Crippen LogP contribution in [0.3, 0.4) is 0 Å². The van der Waals surface area contributed by atoms with E-state index in [2.05, 4.69) is 20.8 Å². The Hall–Kier alpha value is -1.31. The monoisotopic (exact) mass is 204 g/mol. The van der Waals surface area contributed by atoms with Crippen molar-refractivity contribution < 1.29 is 9.90 Å². The lowest BCUT2D eigenvalue weighted by Gasteiger charge is -2.03. The second kappa shape index (κ2) is 3.09. The summed E-state index contributed by atoms with van der Waals surface area (Å²) in [5.74, 6) is 0.415. The molecule has 2 atom stereocenters. The number of carboxylic acid groups (broad SMARTS) is 1. The maximum atomic E-state index is 10.7. The van der Waals surface area contributed by atoms with Crippen LogP contribution >= 0.6 is 0 Å². The zero-order valence-electron chi connectivity index (χ0n) is 9.32. The molecule has 1 aliphatic carbocycles. The molecule has 0 aromatic heterocycles. The minimum atomic E-state index is -0.857. The zero-order chi connectivity index (χ0) is 11.2. The molecule has 1 aromatic carbocycles. The Bertz CT molecular complexity index is 390. The van der Waals surface area contributed by atoms with Crippen LogP contribution in [-0.2, 0) is 0 Å². The summed E-state index contributed by atoms with van der Waals surface area (Å²) in [6, 6.07) is 7.27. The van der Waals surface area contributed by atoms with Gasteiger partial charge in [-0.25, -0.2) is 4.79 Å². The van der Waals surface area contributed by atoms with Crippen LogP contribution in [0.2, 0.25) is 0 Å². The van der Waals surface area contributed by atoms with E-state index in [-0.39, 0.29) is 0 Å². The van der Waals surface area contributed by atoms with Gasteiger partial charge in [-0.3, -0.25) is 0 Å². The van der Waals surface area contributed by atoms with Crippen molar-refractivity contribution in [1.82, 2.24) is 0 Å². The minimum absolute atomic E-state index is 0.366. The highest BCUT2D eigenvalue weighted by Crippen LogP contribution is 2.63. The molecule has 1 N–H and O–H groups in total. The van der Waals surface area contributed by atoms with E-state index in [0.29, 0.717) is 22.8 Å². The molecule has 15 heavy (non-hydrogen) atoms. The van der Waals surface area contributed by atoms with E-state index in [1.165, 1.54) is 5.56 Å². The SMILES string of the molecule is CC1C(c2ccc(C(=O)O)cc2)C1(C)C. The average molecular weight is 204 g/mol. The van der Waals surface area contributed by atoms with Crippen LogP contribution in [0.4, 0.5) is 0 Å². The highest BCUT2D eigenvalue weighted by Gasteiger charge is 2.54. The lowest BCUT2D eigenvalue weighted by atomic mass is 10.0. The third-order valence-corrected chi connectivity index (χ3v) is 3.88. The van der Waals surface area contributed by atoms with Gasteiger partial charge < -0.3 is 5.11 Å². The van der Waals surface area contributed by atoms with Crippen LogP contribution in [-0.4, -0.2) is 11.1 Å². The molecule has 0 radical (unpaired) electrons. The lowest BCUT2D eigenvalue weighted by Crippen LogP contribution is -1.96. The topological polar surface area (TPSA) is 37.3 Å². The second-order valence-corrected chi connectivity index (χ2v) is 5.01. The highest BCUT2D eigenvalue weighted by atomic mass is 16.4. The number of rotatable bonds is 2. The molecule has 0 spiro atoms. The first kappa shape index (κ1) is 10.2. The lowest BCUT2D eigenvalue weighted by molar-refractivity contribution is 0.0697. The summed E-state index contributed by atoms with van der Waals surface area (Å²) in [7, 11) is 0. The number of benzene rings is 1. The van der Waals surface area contributed by atoms with Crippen molar-refractivity contribution in [2.24, 2.45) is 11.3 Å². The number of carboxylic acids is 1. The van der Waals surface area contributed by atoms with Gasteiger partial charge in [-0.15, -0.1) is 0 Å². The first-order chi connectivity index (χ1) is 6.94. The van der Waals surface area contributed by atoms with Crippen molar-refractivity contribution in [3.05, 3.63) is 35.4 Å². The number of carbonyl (C=O) groups is 1. The van der Waals surface area contributed by atoms with Crippen molar-refractivity contribution >= 4 is 5.97 Å². The maximum absolute atomic E-state index is 10.7. The first-order valence-electron chi connectivity index (χ1n) is 5.28. The molecule has 2 nitrogen and oxygen atoms in total. The maximum Gasteiger partial charge on any atom is 0.335 e. The first-order valence-corrected chi connectivity index (χ1v) is 5.28. The molecule has 2 unspecified atom stereocenters. The second-order valence-electron chi connectivity index (χ2n) is 5.01. The van der Waals surface area contributed by atoms with Crippen LogP contribution in [0, 0.1) is 11.3 Å². The van der Waals surface area contributed by atoms with Gasteiger partial charge in [0.1, 0.15) is 0 Å². The molecule has 0 bridgehead atoms. The summed E-state index contributed by atoms with van der Waals surface area (Å²) in [5.41, 5.74) is 1.99. The Labute approximate surface area is 89.9 Å². The summed E-state index contributed by atoms with van der Waals surface area (Å²) < 4.78 is 0. The normalized spacial score (nSPS) is 27.4. The predicted molar refractivity (Wildman–Crippen MR) is 59.1 cm³/mol. The predicted octanol–water partition coefficient (Wildman–Crippen LogP) is 3.14. The van der Waals surface area contributed by atoms with Crippen molar-refractivity contribution in [1.29, 1.82) is 0 Å². The van der Waals surface area contributed by atoms with Crippen LogP contribution in [0.1, 0.15) is 42.6 Å². The summed E-state index contributed by atoms with van der Waals surface area (Å²) in [6.45, 7) is 6.76. The minimum Gasteiger partial charge on any atom is -0.478 e.